The van der Waals surface area contributed by atoms with Gasteiger partial charge in [0.05, 0.1) is 19.0 Å². The summed E-state index contributed by atoms with van der Waals surface area (Å²) in [6, 6.07) is 1.10. The molecule has 1 saturated carbocycles. The molecule has 1 aliphatic carbocycles. The molecule has 1 aliphatic heterocycles. The number of nitrogens with two attached hydrogens (primary N) is 1. The highest BCUT2D eigenvalue weighted by Gasteiger charge is 2.34. The van der Waals surface area contributed by atoms with Crippen molar-refractivity contribution < 1.29 is 9.13 Å². The van der Waals surface area contributed by atoms with Crippen molar-refractivity contribution in [1.29, 1.82) is 0 Å². The number of benzene rings is 1. The predicted molar refractivity (Wildman–Crippen MR) is 112 cm³/mol. The Labute approximate surface area is 172 Å². The second-order valence-corrected chi connectivity index (χ2v) is 7.88. The molecule has 1 atom stereocenters. The fourth-order valence-electron chi connectivity index (χ4n) is 4.24. The van der Waals surface area contributed by atoms with Gasteiger partial charge in [-0.25, -0.2) is 15.8 Å². The van der Waals surface area contributed by atoms with Crippen LogP contribution in [0.25, 0.3) is 15.7 Å². The van der Waals surface area contributed by atoms with Gasteiger partial charge >= 0.3 is 5.69 Å². The van der Waals surface area contributed by atoms with Crippen molar-refractivity contribution in [3.05, 3.63) is 44.1 Å². The maximum Gasteiger partial charge on any atom is 0.350 e. The van der Waals surface area contributed by atoms with Crippen LogP contribution in [0.4, 0.5) is 10.1 Å². The lowest BCUT2D eigenvalue weighted by Gasteiger charge is -2.24. The molecule has 0 amide bonds. The molecule has 2 aliphatic rings. The molecule has 2 fully saturated rings. The normalized spacial score (nSPS) is 18.7. The summed E-state index contributed by atoms with van der Waals surface area (Å²) in [6.45, 7) is 9.89. The van der Waals surface area contributed by atoms with Crippen molar-refractivity contribution in [3.63, 3.8) is 0 Å². The van der Waals surface area contributed by atoms with Crippen LogP contribution >= 0.6 is 0 Å². The topological polar surface area (TPSA) is 98.9 Å². The van der Waals surface area contributed by atoms with E-state index in [4.69, 9.17) is 17.2 Å². The fraction of sp³-hybridized carbons (Fsp3) is 0.550. The van der Waals surface area contributed by atoms with Gasteiger partial charge in [-0.3, -0.25) is 9.36 Å². The van der Waals surface area contributed by atoms with E-state index in [1.54, 1.807) is 0 Å². The molecule has 160 valence electrons. The number of nitrogens with one attached hydrogen (secondary N) is 1. The summed E-state index contributed by atoms with van der Waals surface area (Å²) in [5.74, 6) is 5.61. The van der Waals surface area contributed by atoms with Crippen LogP contribution in [0, 0.1) is 18.3 Å². The number of hydrogen-bond acceptors (Lipinski definition) is 6. The SMILES string of the molecule is [C-]#[N+]CCNCC1CCN(c2c(F)cc3c(=O)n(N)c(=O)n(C4CC4)c3c2OC)C1. The van der Waals surface area contributed by atoms with E-state index in [0.717, 1.165) is 25.8 Å². The van der Waals surface area contributed by atoms with E-state index in [0.29, 0.717) is 42.3 Å². The first-order valence-electron chi connectivity index (χ1n) is 10.1. The van der Waals surface area contributed by atoms with E-state index in [-0.39, 0.29) is 22.9 Å². The molecule has 3 N–H and O–H groups in total. The maximum absolute atomic E-state index is 15.2. The fourth-order valence-corrected chi connectivity index (χ4v) is 4.24. The molecule has 4 rings (SSSR count). The van der Waals surface area contributed by atoms with Crippen molar-refractivity contribution in [1.82, 2.24) is 14.6 Å². The molecule has 9 nitrogen and oxygen atoms in total. The molecule has 1 saturated heterocycles. The van der Waals surface area contributed by atoms with Gasteiger partial charge in [0.25, 0.3) is 5.56 Å². The largest absolute Gasteiger partial charge is 0.492 e. The van der Waals surface area contributed by atoms with Crippen molar-refractivity contribution in [3.8, 4) is 5.75 Å². The summed E-state index contributed by atoms with van der Waals surface area (Å²) < 4.78 is 22.8. The summed E-state index contributed by atoms with van der Waals surface area (Å²) in [6.07, 6.45) is 2.46. The number of methoxy groups -OCH3 is 1. The zero-order valence-electron chi connectivity index (χ0n) is 16.9. The molecule has 0 bridgehead atoms. The van der Waals surface area contributed by atoms with Gasteiger partial charge in [0.1, 0.15) is 11.2 Å². The van der Waals surface area contributed by atoms with Crippen LogP contribution in [0.1, 0.15) is 25.3 Å². The first-order chi connectivity index (χ1) is 14.5. The second kappa shape index (κ2) is 7.99. The number of hydrogen-bond donors (Lipinski definition) is 2. The average Bonchev–Trinajstić information content (AvgIpc) is 3.47. The summed E-state index contributed by atoms with van der Waals surface area (Å²) in [7, 11) is 1.42. The smallest absolute Gasteiger partial charge is 0.350 e. The summed E-state index contributed by atoms with van der Waals surface area (Å²) in [5, 5.41) is 3.30. The standard InChI is InChI=1S/C20H25FN6O3/c1-23-6-7-24-10-12-5-8-25(11-12)17-15(21)9-14-16(18(17)30-2)26(13-3-4-13)20(29)27(22)19(14)28/h9,12-13,24H,3-8,10-11,22H2,2H3. The van der Waals surface area contributed by atoms with E-state index in [1.165, 1.54) is 17.7 Å². The minimum atomic E-state index is -0.737. The number of nitrogens with zero attached hydrogens (tertiary/aromatic N) is 4. The minimum Gasteiger partial charge on any atom is -0.492 e. The van der Waals surface area contributed by atoms with E-state index in [9.17, 15) is 9.59 Å². The Bertz CT molecular complexity index is 1130. The third-order valence-electron chi connectivity index (χ3n) is 5.84. The lowest BCUT2D eigenvalue weighted by atomic mass is 10.1. The first-order valence-corrected chi connectivity index (χ1v) is 10.1. The van der Waals surface area contributed by atoms with Gasteiger partial charge in [-0.1, -0.05) is 0 Å². The molecule has 0 spiro atoms. The van der Waals surface area contributed by atoms with Crippen LogP contribution in [0.3, 0.4) is 0 Å². The van der Waals surface area contributed by atoms with Crippen molar-refractivity contribution >= 4 is 16.6 Å². The van der Waals surface area contributed by atoms with Gasteiger partial charge < -0.3 is 25.6 Å². The van der Waals surface area contributed by atoms with Crippen molar-refractivity contribution in [2.45, 2.75) is 25.3 Å². The number of halogens is 1. The molecule has 1 aromatic carbocycles. The molecular weight excluding hydrogens is 391 g/mol. The monoisotopic (exact) mass is 416 g/mol. The molecule has 30 heavy (non-hydrogen) atoms. The Hall–Kier alpha value is -3.06. The summed E-state index contributed by atoms with van der Waals surface area (Å²) in [5.41, 5.74) is -0.767. The number of nitrogen functional groups attached to an aromatic ring is 1. The van der Waals surface area contributed by atoms with Gasteiger partial charge in [0, 0.05) is 19.1 Å². The van der Waals surface area contributed by atoms with Crippen LogP contribution in [-0.2, 0) is 0 Å². The number of ether oxygens (including phenoxy) is 1. The Morgan fingerprint density at radius 3 is 2.80 bits per heavy atom. The van der Waals surface area contributed by atoms with Gasteiger partial charge in [-0.05, 0) is 37.8 Å². The van der Waals surface area contributed by atoms with E-state index < -0.39 is 17.1 Å². The molecule has 2 aromatic rings. The quantitative estimate of drug-likeness (QED) is 0.392. The highest BCUT2D eigenvalue weighted by atomic mass is 19.1. The van der Waals surface area contributed by atoms with Crippen molar-refractivity contribution in [2.24, 2.45) is 5.92 Å². The van der Waals surface area contributed by atoms with Crippen LogP contribution in [0.5, 0.6) is 5.75 Å². The van der Waals surface area contributed by atoms with Gasteiger partial charge in [0.2, 0.25) is 6.54 Å². The average molecular weight is 416 g/mol. The Balaban J connectivity index is 1.77. The van der Waals surface area contributed by atoms with E-state index in [1.807, 2.05) is 4.90 Å². The maximum atomic E-state index is 15.2. The number of rotatable bonds is 7. The lowest BCUT2D eigenvalue weighted by molar-refractivity contribution is 0.412. The Morgan fingerprint density at radius 1 is 1.37 bits per heavy atom. The highest BCUT2D eigenvalue weighted by molar-refractivity contribution is 5.91. The zero-order valence-corrected chi connectivity index (χ0v) is 16.9. The lowest BCUT2D eigenvalue weighted by Crippen LogP contribution is -2.44. The summed E-state index contributed by atoms with van der Waals surface area (Å²) >= 11 is 0. The zero-order chi connectivity index (χ0) is 21.4. The molecule has 10 heteroatoms. The number of fused-ring (bicyclic) bond motifs is 1. The second-order valence-electron chi connectivity index (χ2n) is 7.88. The third-order valence-corrected chi connectivity index (χ3v) is 5.84. The minimum absolute atomic E-state index is 0.0404. The predicted octanol–water partition coefficient (Wildman–Crippen LogP) is 0.695. The van der Waals surface area contributed by atoms with Crippen LogP contribution in [0.2, 0.25) is 0 Å². The number of anilines is 1. The third kappa shape index (κ3) is 3.39. The Morgan fingerprint density at radius 2 is 2.13 bits per heavy atom. The highest BCUT2D eigenvalue weighted by Crippen LogP contribution is 2.43. The number of aromatic nitrogens is 2. The molecular formula is C20H25FN6O3. The molecule has 1 unspecified atom stereocenters. The van der Waals surface area contributed by atoms with Gasteiger partial charge in [0.15, 0.2) is 11.6 Å². The van der Waals surface area contributed by atoms with Crippen LogP contribution < -0.4 is 32.0 Å². The first kappa shape index (κ1) is 20.2. The van der Waals surface area contributed by atoms with Crippen LogP contribution in [-0.4, -0.2) is 49.1 Å². The van der Waals surface area contributed by atoms with E-state index in [2.05, 4.69) is 10.2 Å². The molecule has 0 radical (unpaired) electrons. The summed E-state index contributed by atoms with van der Waals surface area (Å²) in [4.78, 5) is 30.5. The van der Waals surface area contributed by atoms with Gasteiger partial charge in [-0.15, -0.1) is 0 Å². The Kier molecular flexibility index (Phi) is 5.39. The van der Waals surface area contributed by atoms with Crippen LogP contribution in [0.15, 0.2) is 15.7 Å². The molecule has 2 heterocycles. The van der Waals surface area contributed by atoms with E-state index >= 15 is 4.39 Å². The van der Waals surface area contributed by atoms with Gasteiger partial charge in [-0.2, -0.15) is 4.68 Å². The van der Waals surface area contributed by atoms with Crippen molar-refractivity contribution in [2.75, 3.05) is 50.6 Å². The molecule has 1 aromatic heterocycles.